The number of benzene rings is 2. The topological polar surface area (TPSA) is 66.4 Å². The van der Waals surface area contributed by atoms with Gasteiger partial charge in [-0.05, 0) is 22.3 Å². The first-order chi connectivity index (χ1) is 10.6. The lowest BCUT2D eigenvalue weighted by atomic mass is 9.52. The lowest BCUT2D eigenvalue weighted by Gasteiger charge is -2.51. The van der Waals surface area contributed by atoms with E-state index in [0.717, 1.165) is 22.3 Å². The van der Waals surface area contributed by atoms with Crippen molar-refractivity contribution in [2.24, 2.45) is 11.8 Å². The molecule has 1 saturated heterocycles. The van der Waals surface area contributed by atoms with Crippen molar-refractivity contribution in [3.05, 3.63) is 70.8 Å². The van der Waals surface area contributed by atoms with Gasteiger partial charge in [0, 0.05) is 5.92 Å². The highest BCUT2D eigenvalue weighted by atomic mass is 16.3. The second-order valence-electron chi connectivity index (χ2n) is 6.28. The molecule has 0 radical (unpaired) electrons. The van der Waals surface area contributed by atoms with E-state index in [4.69, 9.17) is 0 Å². The van der Waals surface area contributed by atoms with Gasteiger partial charge in [-0.3, -0.25) is 14.9 Å². The summed E-state index contributed by atoms with van der Waals surface area (Å²) < 4.78 is 0. The summed E-state index contributed by atoms with van der Waals surface area (Å²) in [6, 6.07) is 15.2. The molecule has 1 aliphatic heterocycles. The van der Waals surface area contributed by atoms with Crippen LogP contribution in [0.2, 0.25) is 0 Å². The molecule has 3 aliphatic carbocycles. The molecule has 2 aromatic rings. The number of rotatable bonds is 0. The van der Waals surface area contributed by atoms with Gasteiger partial charge in [0.1, 0.15) is 5.60 Å². The number of carbonyl (C=O) groups excluding carboxylic acids is 2. The maximum Gasteiger partial charge on any atom is 0.234 e. The Morgan fingerprint density at radius 3 is 2.00 bits per heavy atom. The Morgan fingerprint density at radius 2 is 1.41 bits per heavy atom. The first kappa shape index (κ1) is 12.1. The summed E-state index contributed by atoms with van der Waals surface area (Å²) in [7, 11) is 0. The molecule has 4 heteroatoms. The minimum absolute atomic E-state index is 0.169. The fourth-order valence-corrected chi connectivity index (χ4v) is 4.66. The third-order valence-corrected chi connectivity index (χ3v) is 5.41. The highest BCUT2D eigenvalue weighted by Gasteiger charge is 2.65. The van der Waals surface area contributed by atoms with Gasteiger partial charge in [0.15, 0.2) is 0 Å². The normalized spacial score (nSPS) is 34.0. The van der Waals surface area contributed by atoms with Crippen molar-refractivity contribution in [1.82, 2.24) is 5.32 Å². The van der Waals surface area contributed by atoms with Crippen molar-refractivity contribution >= 4 is 11.8 Å². The van der Waals surface area contributed by atoms with E-state index >= 15 is 0 Å². The van der Waals surface area contributed by atoms with Crippen molar-refractivity contribution in [2.75, 3.05) is 0 Å². The van der Waals surface area contributed by atoms with Gasteiger partial charge in [-0.2, -0.15) is 0 Å². The number of amides is 2. The van der Waals surface area contributed by atoms with Gasteiger partial charge in [-0.25, -0.2) is 0 Å². The van der Waals surface area contributed by atoms with Crippen LogP contribution in [0.25, 0.3) is 0 Å². The molecule has 4 nitrogen and oxygen atoms in total. The summed E-state index contributed by atoms with van der Waals surface area (Å²) in [6.45, 7) is 0. The van der Waals surface area contributed by atoms with Gasteiger partial charge in [-0.1, -0.05) is 48.5 Å². The molecule has 6 rings (SSSR count). The minimum atomic E-state index is -1.43. The molecule has 2 amide bonds. The molecule has 108 valence electrons. The zero-order chi connectivity index (χ0) is 15.1. The number of nitrogens with one attached hydrogen (secondary N) is 1. The zero-order valence-corrected chi connectivity index (χ0v) is 11.6. The van der Waals surface area contributed by atoms with Crippen LogP contribution in [0.15, 0.2) is 48.5 Å². The number of aliphatic hydroxyl groups is 1. The van der Waals surface area contributed by atoms with Crippen LogP contribution < -0.4 is 5.32 Å². The molecule has 2 unspecified atom stereocenters. The van der Waals surface area contributed by atoms with E-state index in [9.17, 15) is 14.7 Å². The third kappa shape index (κ3) is 1.12. The maximum absolute atomic E-state index is 12.3. The van der Waals surface area contributed by atoms with Crippen molar-refractivity contribution in [3.63, 3.8) is 0 Å². The first-order valence-electron chi connectivity index (χ1n) is 7.40. The standard InChI is InChI=1S/C18H13NO3/c20-16-14-13-9-5-1-3-7-11(9)18(22,15(14)17(21)19-16)12-8-4-2-6-10(12)13/h1-8,13-15,22H,(H,19,20,21). The summed E-state index contributed by atoms with van der Waals surface area (Å²) in [5, 5.41) is 14.0. The number of imide groups is 1. The van der Waals surface area contributed by atoms with Gasteiger partial charge >= 0.3 is 0 Å². The lowest BCUT2D eigenvalue weighted by molar-refractivity contribution is -0.133. The molecule has 2 atom stereocenters. The number of hydrogen-bond acceptors (Lipinski definition) is 3. The fourth-order valence-electron chi connectivity index (χ4n) is 4.66. The van der Waals surface area contributed by atoms with Crippen molar-refractivity contribution in [3.8, 4) is 0 Å². The predicted molar refractivity (Wildman–Crippen MR) is 77.9 cm³/mol. The molecule has 0 spiro atoms. The first-order valence-corrected chi connectivity index (χ1v) is 7.40. The van der Waals surface area contributed by atoms with Crippen LogP contribution in [-0.4, -0.2) is 16.9 Å². The van der Waals surface area contributed by atoms with Crippen LogP contribution >= 0.6 is 0 Å². The lowest BCUT2D eigenvalue weighted by Crippen LogP contribution is -2.53. The summed E-state index contributed by atoms with van der Waals surface area (Å²) in [4.78, 5) is 24.7. The van der Waals surface area contributed by atoms with Gasteiger partial charge in [0.05, 0.1) is 11.8 Å². The predicted octanol–water partition coefficient (Wildman–Crippen LogP) is 1.27. The Hall–Kier alpha value is -2.46. The van der Waals surface area contributed by atoms with E-state index in [1.165, 1.54) is 0 Å². The number of hydrogen-bond donors (Lipinski definition) is 2. The number of carbonyl (C=O) groups is 2. The molecule has 1 heterocycles. The molecular formula is C18H13NO3. The quantitative estimate of drug-likeness (QED) is 0.718. The molecule has 0 saturated carbocycles. The minimum Gasteiger partial charge on any atom is -0.379 e. The van der Waals surface area contributed by atoms with Gasteiger partial charge < -0.3 is 5.11 Å². The van der Waals surface area contributed by atoms with Crippen LogP contribution in [-0.2, 0) is 15.2 Å². The van der Waals surface area contributed by atoms with Crippen LogP contribution in [0.1, 0.15) is 28.2 Å². The van der Waals surface area contributed by atoms with Crippen LogP contribution in [0.5, 0.6) is 0 Å². The van der Waals surface area contributed by atoms with E-state index in [1.54, 1.807) is 0 Å². The average Bonchev–Trinajstić information content (AvgIpc) is 2.84. The highest BCUT2D eigenvalue weighted by molar-refractivity contribution is 6.08. The van der Waals surface area contributed by atoms with E-state index in [1.807, 2.05) is 48.5 Å². The van der Waals surface area contributed by atoms with Crippen LogP contribution in [0, 0.1) is 11.8 Å². The zero-order valence-electron chi connectivity index (χ0n) is 11.6. The Labute approximate surface area is 126 Å². The summed E-state index contributed by atoms with van der Waals surface area (Å²) in [5.74, 6) is -2.08. The van der Waals surface area contributed by atoms with Gasteiger partial charge in [0.2, 0.25) is 11.8 Å². The van der Waals surface area contributed by atoms with Crippen LogP contribution in [0.3, 0.4) is 0 Å². The molecular weight excluding hydrogens is 278 g/mol. The van der Waals surface area contributed by atoms with Crippen molar-refractivity contribution < 1.29 is 14.7 Å². The molecule has 2 bridgehead atoms. The molecule has 22 heavy (non-hydrogen) atoms. The Bertz CT molecular complexity index is 809. The van der Waals surface area contributed by atoms with Crippen molar-refractivity contribution in [1.29, 1.82) is 0 Å². The second-order valence-corrected chi connectivity index (χ2v) is 6.28. The molecule has 0 aromatic heterocycles. The fraction of sp³-hybridized carbons (Fsp3) is 0.222. The summed E-state index contributed by atoms with van der Waals surface area (Å²) in [5.41, 5.74) is 1.99. The van der Waals surface area contributed by atoms with E-state index in [0.29, 0.717) is 0 Å². The van der Waals surface area contributed by atoms with Gasteiger partial charge in [0.25, 0.3) is 0 Å². The van der Waals surface area contributed by atoms with Gasteiger partial charge in [-0.15, -0.1) is 0 Å². The van der Waals surface area contributed by atoms with E-state index in [-0.39, 0.29) is 17.7 Å². The second kappa shape index (κ2) is 3.65. The summed E-state index contributed by atoms with van der Waals surface area (Å²) in [6.07, 6.45) is 0. The molecule has 2 aromatic carbocycles. The Morgan fingerprint density at radius 1 is 0.864 bits per heavy atom. The Balaban J connectivity index is 1.94. The van der Waals surface area contributed by atoms with Crippen LogP contribution in [0.4, 0.5) is 0 Å². The van der Waals surface area contributed by atoms with E-state index in [2.05, 4.69) is 5.32 Å². The summed E-state index contributed by atoms with van der Waals surface area (Å²) >= 11 is 0. The largest absolute Gasteiger partial charge is 0.379 e. The molecule has 2 N–H and O–H groups in total. The monoisotopic (exact) mass is 291 g/mol. The smallest absolute Gasteiger partial charge is 0.234 e. The maximum atomic E-state index is 12.3. The van der Waals surface area contributed by atoms with Crippen molar-refractivity contribution in [2.45, 2.75) is 11.5 Å². The third-order valence-electron chi connectivity index (χ3n) is 5.41. The SMILES string of the molecule is O=C1NC(=O)C2C1C1c3ccccc3C2(O)c2ccccc21. The Kier molecular flexibility index (Phi) is 2.01. The van der Waals surface area contributed by atoms with E-state index < -0.39 is 17.4 Å². The average molecular weight is 291 g/mol. The highest BCUT2D eigenvalue weighted by Crippen LogP contribution is 2.61. The molecule has 4 aliphatic rings. The molecule has 1 fully saturated rings.